The van der Waals surface area contributed by atoms with Crippen molar-refractivity contribution < 1.29 is 44.8 Å². The Balaban J connectivity index is 0.000000250. The molecule has 0 aliphatic heterocycles. The van der Waals surface area contributed by atoms with Crippen molar-refractivity contribution in [1.82, 2.24) is 29.5 Å². The lowest BCUT2D eigenvalue weighted by atomic mass is 9.71. The van der Waals surface area contributed by atoms with Gasteiger partial charge in [0.05, 0.1) is 47.5 Å². The van der Waals surface area contributed by atoms with Gasteiger partial charge in [-0.3, -0.25) is 14.4 Å². The Morgan fingerprint density at radius 2 is 1.23 bits per heavy atom. The molecule has 0 spiro atoms. The van der Waals surface area contributed by atoms with E-state index in [9.17, 15) is 36.0 Å². The molecule has 65 heavy (non-hydrogen) atoms. The smallest absolute Gasteiger partial charge is 0.466 e. The standard InChI is InChI=1S/C23H31F3N4O5S.C22H32N4O3/c1-5-34-20(31)22(10-7-6-8-11-22)15-16-13-17(35-36(32,33)23(24,25)26)14-18(28-16)29-19-9-12-27-30(19)21(2,3)4;1-5-29-20(28)22(10-7-6-8-11-22)15-16-13-17(27)14-18(24-16)25-19-9-12-23-26(19)21(2,3)4/h9,12-14H,5-8,10-11,15H2,1-4H3,(H,28,29);9,12-14H,5-8,10-11,15H2,1-4H3,(H2,24,25,27). The van der Waals surface area contributed by atoms with Gasteiger partial charge >= 0.3 is 27.6 Å². The summed E-state index contributed by atoms with van der Waals surface area (Å²) in [5.74, 6) is 0.786. The Bertz CT molecular complexity index is 2420. The fraction of sp³-hybridized carbons (Fsp3) is 0.600. The number of carbonyl (C=O) groups is 2. The number of halogens is 3. The second kappa shape index (κ2) is 20.4. The molecule has 2 fully saturated rings. The minimum absolute atomic E-state index is 0.0423. The molecule has 4 aromatic heterocycles. The zero-order valence-corrected chi connectivity index (χ0v) is 39.4. The van der Waals surface area contributed by atoms with Crippen molar-refractivity contribution in [3.63, 3.8) is 0 Å². The third-order valence-corrected chi connectivity index (χ3v) is 12.4. The number of aromatic nitrogens is 6. The number of nitrogens with zero attached hydrogens (tertiary/aromatic N) is 5. The monoisotopic (exact) mass is 932 g/mol. The summed E-state index contributed by atoms with van der Waals surface area (Å²) in [6, 6.07) is 8.81. The first-order valence-corrected chi connectivity index (χ1v) is 23.5. The average molecular weight is 933 g/mol. The van der Waals surface area contributed by atoms with Crippen LogP contribution in [-0.2, 0) is 53.1 Å². The normalized spacial score (nSPS) is 16.4. The van der Waals surface area contributed by atoms with Gasteiger partial charge in [0.2, 0.25) is 0 Å². The highest BCUT2D eigenvalue weighted by atomic mass is 32.2. The van der Waals surface area contributed by atoms with Gasteiger partial charge in [-0.1, -0.05) is 38.5 Å². The van der Waals surface area contributed by atoms with Crippen molar-refractivity contribution in [3.8, 4) is 5.75 Å². The number of alkyl halides is 3. The SMILES string of the molecule is CCOC(=O)C1(Cc2cc(=O)cc(Nc3ccnn3C(C)(C)C)[nH]2)CCCCC1.CCOC(=O)C1(Cc2cc(OS(=O)(=O)C(F)(F)F)cc(Nc3ccnn3C(C)(C)C)n2)CCCCC1. The molecule has 0 bridgehead atoms. The molecule has 3 N–H and O–H groups in total. The van der Waals surface area contributed by atoms with Crippen LogP contribution in [0.1, 0.15) is 131 Å². The number of ether oxygens (including phenoxy) is 2. The van der Waals surface area contributed by atoms with Crippen molar-refractivity contribution >= 4 is 45.3 Å². The predicted octanol–water partition coefficient (Wildman–Crippen LogP) is 9.19. The lowest BCUT2D eigenvalue weighted by Crippen LogP contribution is -2.37. The molecule has 0 unspecified atom stereocenters. The van der Waals surface area contributed by atoms with Crippen LogP contribution in [0.4, 0.5) is 36.4 Å². The highest BCUT2D eigenvalue weighted by Gasteiger charge is 2.49. The number of carbonyl (C=O) groups excluding carboxylic acids is 2. The molecule has 16 nitrogen and oxygen atoms in total. The van der Waals surface area contributed by atoms with E-state index in [1.165, 1.54) is 6.07 Å². The van der Waals surface area contributed by atoms with Crippen molar-refractivity contribution in [2.45, 2.75) is 149 Å². The Morgan fingerprint density at radius 3 is 1.71 bits per heavy atom. The van der Waals surface area contributed by atoms with Crippen LogP contribution in [0.15, 0.2) is 53.6 Å². The largest absolute Gasteiger partial charge is 0.534 e. The number of pyridine rings is 2. The maximum absolute atomic E-state index is 13.0. The molecule has 0 radical (unpaired) electrons. The second-order valence-corrected chi connectivity index (χ2v) is 20.3. The van der Waals surface area contributed by atoms with Gasteiger partial charge in [-0.25, -0.2) is 14.3 Å². The average Bonchev–Trinajstić information content (AvgIpc) is 3.88. The zero-order chi connectivity index (χ0) is 47.8. The number of hydrogen-bond donors (Lipinski definition) is 3. The Hall–Kier alpha value is -5.40. The number of H-pyrrole nitrogens is 1. The van der Waals surface area contributed by atoms with E-state index < -0.39 is 43.7 Å². The van der Waals surface area contributed by atoms with E-state index in [-0.39, 0.29) is 41.5 Å². The van der Waals surface area contributed by atoms with Crippen LogP contribution < -0.4 is 20.2 Å². The maximum Gasteiger partial charge on any atom is 0.534 e. The highest BCUT2D eigenvalue weighted by molar-refractivity contribution is 7.88. The van der Waals surface area contributed by atoms with E-state index in [1.54, 1.807) is 36.1 Å². The lowest BCUT2D eigenvalue weighted by Gasteiger charge is -2.34. The van der Waals surface area contributed by atoms with Crippen LogP contribution in [0, 0.1) is 10.8 Å². The molecule has 6 rings (SSSR count). The Kier molecular flexibility index (Phi) is 15.9. The highest BCUT2D eigenvalue weighted by Crippen LogP contribution is 2.42. The van der Waals surface area contributed by atoms with Gasteiger partial charge in [-0.15, -0.1) is 0 Å². The molecular weight excluding hydrogens is 870 g/mol. The molecule has 0 aromatic carbocycles. The molecule has 2 saturated carbocycles. The summed E-state index contributed by atoms with van der Waals surface area (Å²) >= 11 is 0. The number of nitrogens with one attached hydrogen (secondary N) is 3. The molecule has 0 saturated heterocycles. The van der Waals surface area contributed by atoms with Gasteiger partial charge in [0, 0.05) is 60.6 Å². The molecule has 20 heteroatoms. The van der Waals surface area contributed by atoms with E-state index in [0.717, 1.165) is 75.0 Å². The first kappa shape index (κ1) is 50.6. The molecule has 4 heterocycles. The van der Waals surface area contributed by atoms with E-state index >= 15 is 0 Å². The maximum atomic E-state index is 13.0. The second-order valence-electron chi connectivity index (χ2n) is 18.7. The zero-order valence-electron chi connectivity index (χ0n) is 38.6. The summed E-state index contributed by atoms with van der Waals surface area (Å²) in [7, 11) is -5.92. The number of hydrogen-bond acceptors (Lipinski definition) is 13. The summed E-state index contributed by atoms with van der Waals surface area (Å²) in [6.45, 7) is 16.0. The van der Waals surface area contributed by atoms with Gasteiger partial charge in [0.25, 0.3) is 0 Å². The van der Waals surface area contributed by atoms with Gasteiger partial charge in [-0.2, -0.15) is 31.8 Å². The van der Waals surface area contributed by atoms with Crippen molar-refractivity contribution in [2.24, 2.45) is 10.8 Å². The fourth-order valence-electron chi connectivity index (χ4n) is 8.48. The molecule has 0 atom stereocenters. The van der Waals surface area contributed by atoms with Crippen molar-refractivity contribution in [2.75, 3.05) is 23.8 Å². The Morgan fingerprint density at radius 1 is 0.738 bits per heavy atom. The minimum Gasteiger partial charge on any atom is -0.466 e. The molecule has 4 aromatic rings. The minimum atomic E-state index is -5.92. The van der Waals surface area contributed by atoms with Crippen LogP contribution in [0.3, 0.4) is 0 Å². The van der Waals surface area contributed by atoms with Crippen molar-refractivity contribution in [3.05, 3.63) is 70.4 Å². The van der Waals surface area contributed by atoms with Crippen molar-refractivity contribution in [1.29, 1.82) is 0 Å². The van der Waals surface area contributed by atoms with Crippen LogP contribution in [-0.4, -0.2) is 68.6 Å². The van der Waals surface area contributed by atoms with Crippen LogP contribution in [0.5, 0.6) is 5.75 Å². The lowest BCUT2D eigenvalue weighted by molar-refractivity contribution is -0.158. The van der Waals surface area contributed by atoms with Crippen LogP contribution in [0.2, 0.25) is 0 Å². The third kappa shape index (κ3) is 12.9. The molecule has 2 aliphatic carbocycles. The van der Waals surface area contributed by atoms with E-state index in [2.05, 4.69) is 55.8 Å². The number of anilines is 4. The van der Waals surface area contributed by atoms with Crippen LogP contribution >= 0.6 is 0 Å². The number of rotatable bonds is 14. The third-order valence-electron chi connectivity index (χ3n) is 11.4. The summed E-state index contributed by atoms with van der Waals surface area (Å²) in [4.78, 5) is 45.8. The fourth-order valence-corrected chi connectivity index (χ4v) is 8.92. The topological polar surface area (TPSA) is 201 Å². The van der Waals surface area contributed by atoms with E-state index in [4.69, 9.17) is 9.47 Å². The van der Waals surface area contributed by atoms with Gasteiger partial charge in [-0.05, 0) is 81.1 Å². The number of aromatic amines is 1. The molecule has 0 amide bonds. The first-order chi connectivity index (χ1) is 30.4. The first-order valence-electron chi connectivity index (χ1n) is 22.1. The summed E-state index contributed by atoms with van der Waals surface area (Å²) in [5.41, 5.74) is -6.85. The summed E-state index contributed by atoms with van der Waals surface area (Å²) in [5, 5.41) is 14.9. The van der Waals surface area contributed by atoms with E-state index in [1.807, 2.05) is 38.4 Å². The quantitative estimate of drug-likeness (QED) is 0.0614. The van der Waals surface area contributed by atoms with Crippen LogP contribution in [0.25, 0.3) is 0 Å². The van der Waals surface area contributed by atoms with E-state index in [0.29, 0.717) is 37.5 Å². The predicted molar refractivity (Wildman–Crippen MR) is 240 cm³/mol. The summed E-state index contributed by atoms with van der Waals surface area (Å²) < 4.78 is 81.1. The molecule has 2 aliphatic rings. The van der Waals surface area contributed by atoms with Gasteiger partial charge < -0.3 is 29.3 Å². The van der Waals surface area contributed by atoms with Gasteiger partial charge in [0.1, 0.15) is 29.0 Å². The Labute approximate surface area is 378 Å². The molecular formula is C45H63F3N8O8S. The summed E-state index contributed by atoms with van der Waals surface area (Å²) in [6.07, 6.45) is 12.1. The molecule has 358 valence electrons. The number of esters is 2. The van der Waals surface area contributed by atoms with Gasteiger partial charge in [0.15, 0.2) is 5.43 Å².